The number of hydrogen-bond acceptors (Lipinski definition) is 5. The highest BCUT2D eigenvalue weighted by Crippen LogP contribution is 2.22. The monoisotopic (exact) mass is 310 g/mol. The van der Waals surface area contributed by atoms with Crippen molar-refractivity contribution in [2.24, 2.45) is 0 Å². The third-order valence-electron chi connectivity index (χ3n) is 3.47. The largest absolute Gasteiger partial charge is 0.384 e. The summed E-state index contributed by atoms with van der Waals surface area (Å²) >= 11 is 0. The normalized spacial score (nSPS) is 11.1. The third kappa shape index (κ3) is 2.85. The molecule has 3 aromatic heterocycles. The summed E-state index contributed by atoms with van der Waals surface area (Å²) in [5.41, 5.74) is 8.15. The molecule has 0 bridgehead atoms. The number of hydrogen-bond donors (Lipinski definition) is 2. The fraction of sp³-hybridized carbons (Fsp3) is 0.250. The van der Waals surface area contributed by atoms with E-state index in [1.54, 1.807) is 24.4 Å². The first-order chi connectivity index (χ1) is 11.0. The Labute approximate surface area is 133 Å². The Morgan fingerprint density at radius 3 is 2.74 bits per heavy atom. The number of carbonyl (C=O) groups excluding carboxylic acids is 1. The van der Waals surface area contributed by atoms with Crippen LogP contribution < -0.4 is 11.1 Å². The summed E-state index contributed by atoms with van der Waals surface area (Å²) in [4.78, 5) is 21.1. The summed E-state index contributed by atoms with van der Waals surface area (Å²) in [6.07, 6.45) is 3.20. The summed E-state index contributed by atoms with van der Waals surface area (Å²) in [5, 5.41) is 7.89. The van der Waals surface area contributed by atoms with E-state index >= 15 is 0 Å². The lowest BCUT2D eigenvalue weighted by atomic mass is 10.1. The van der Waals surface area contributed by atoms with Crippen LogP contribution in [0.25, 0.3) is 11.0 Å². The highest BCUT2D eigenvalue weighted by Gasteiger charge is 2.17. The lowest BCUT2D eigenvalue weighted by Gasteiger charge is -2.09. The Hall–Kier alpha value is -2.96. The average Bonchev–Trinajstić information content (AvgIpc) is 2.92. The molecule has 7 heteroatoms. The van der Waals surface area contributed by atoms with Gasteiger partial charge in [0.05, 0.1) is 29.0 Å². The van der Waals surface area contributed by atoms with Crippen LogP contribution in [0.15, 0.2) is 30.6 Å². The summed E-state index contributed by atoms with van der Waals surface area (Å²) in [7, 11) is 0. The van der Waals surface area contributed by atoms with Gasteiger partial charge in [-0.15, -0.1) is 0 Å². The first-order valence-corrected chi connectivity index (χ1v) is 7.33. The van der Waals surface area contributed by atoms with Gasteiger partial charge in [-0.3, -0.25) is 4.79 Å². The molecule has 0 aliphatic heterocycles. The van der Waals surface area contributed by atoms with Gasteiger partial charge in [0.1, 0.15) is 5.82 Å². The fourth-order valence-corrected chi connectivity index (χ4v) is 2.39. The van der Waals surface area contributed by atoms with Crippen molar-refractivity contribution in [3.63, 3.8) is 0 Å². The number of nitrogen functional groups attached to an aromatic ring is 1. The molecule has 1 amide bonds. The Bertz CT molecular complexity index is 866. The molecule has 0 saturated heterocycles. The van der Waals surface area contributed by atoms with E-state index in [0.717, 1.165) is 11.1 Å². The highest BCUT2D eigenvalue weighted by atomic mass is 16.1. The molecule has 3 N–H and O–H groups in total. The number of carbonyl (C=O) groups is 1. The first kappa shape index (κ1) is 15.0. The molecule has 23 heavy (non-hydrogen) atoms. The molecule has 3 aromatic rings. The van der Waals surface area contributed by atoms with Crippen LogP contribution in [0.1, 0.15) is 35.9 Å². The highest BCUT2D eigenvalue weighted by molar-refractivity contribution is 6.11. The maximum atomic E-state index is 12.6. The minimum atomic E-state index is -0.227. The SMILES string of the molecule is Cc1cc(C(=O)Nc2ccc(N)nc2)c2cnn(C(C)C)c2n1. The molecule has 0 aromatic carbocycles. The predicted molar refractivity (Wildman–Crippen MR) is 89.3 cm³/mol. The minimum Gasteiger partial charge on any atom is -0.384 e. The molecule has 0 aliphatic carbocycles. The molecular weight excluding hydrogens is 292 g/mol. The van der Waals surface area contributed by atoms with Gasteiger partial charge in [-0.1, -0.05) is 0 Å². The topological polar surface area (TPSA) is 98.7 Å². The van der Waals surface area contributed by atoms with Crippen molar-refractivity contribution in [3.05, 3.63) is 41.9 Å². The first-order valence-electron chi connectivity index (χ1n) is 7.33. The summed E-state index contributed by atoms with van der Waals surface area (Å²) in [5.74, 6) is 0.179. The van der Waals surface area contributed by atoms with E-state index in [2.05, 4.69) is 20.4 Å². The number of aromatic nitrogens is 4. The van der Waals surface area contributed by atoms with Crippen molar-refractivity contribution >= 4 is 28.4 Å². The zero-order valence-corrected chi connectivity index (χ0v) is 13.2. The number of amides is 1. The van der Waals surface area contributed by atoms with Gasteiger partial charge >= 0.3 is 0 Å². The number of fused-ring (bicyclic) bond motifs is 1. The maximum absolute atomic E-state index is 12.6. The maximum Gasteiger partial charge on any atom is 0.256 e. The lowest BCUT2D eigenvalue weighted by molar-refractivity contribution is 0.102. The smallest absolute Gasteiger partial charge is 0.256 e. The van der Waals surface area contributed by atoms with Crippen LogP contribution in [0.4, 0.5) is 11.5 Å². The second-order valence-corrected chi connectivity index (χ2v) is 5.66. The molecule has 3 heterocycles. The van der Waals surface area contributed by atoms with E-state index in [1.807, 2.05) is 25.5 Å². The molecule has 0 saturated carbocycles. The Balaban J connectivity index is 2.01. The molecule has 0 aliphatic rings. The van der Waals surface area contributed by atoms with Crippen molar-refractivity contribution in [2.45, 2.75) is 26.8 Å². The number of aryl methyl sites for hydroxylation is 1. The second-order valence-electron chi connectivity index (χ2n) is 5.66. The fourth-order valence-electron chi connectivity index (χ4n) is 2.39. The Kier molecular flexibility index (Phi) is 3.69. The van der Waals surface area contributed by atoms with Gasteiger partial charge in [0.2, 0.25) is 0 Å². The number of anilines is 2. The number of nitrogens with two attached hydrogens (primary N) is 1. The number of pyridine rings is 2. The van der Waals surface area contributed by atoms with Crippen LogP contribution in [0.5, 0.6) is 0 Å². The lowest BCUT2D eigenvalue weighted by Crippen LogP contribution is -2.13. The zero-order valence-electron chi connectivity index (χ0n) is 13.2. The number of nitrogens with zero attached hydrogens (tertiary/aromatic N) is 4. The summed E-state index contributed by atoms with van der Waals surface area (Å²) in [6.45, 7) is 5.91. The van der Waals surface area contributed by atoms with Crippen molar-refractivity contribution in [2.75, 3.05) is 11.1 Å². The van der Waals surface area contributed by atoms with Gasteiger partial charge in [-0.2, -0.15) is 5.10 Å². The zero-order chi connectivity index (χ0) is 16.6. The molecule has 118 valence electrons. The molecule has 0 fully saturated rings. The summed E-state index contributed by atoms with van der Waals surface area (Å²) < 4.78 is 1.81. The van der Waals surface area contributed by atoms with E-state index in [9.17, 15) is 4.79 Å². The molecule has 0 unspecified atom stereocenters. The van der Waals surface area contributed by atoms with Gasteiger partial charge in [0.25, 0.3) is 5.91 Å². The molecule has 0 atom stereocenters. The molecular formula is C16H18N6O. The van der Waals surface area contributed by atoms with Crippen LogP contribution in [0, 0.1) is 6.92 Å². The van der Waals surface area contributed by atoms with Crippen LogP contribution in [-0.2, 0) is 0 Å². The molecule has 0 spiro atoms. The minimum absolute atomic E-state index is 0.166. The third-order valence-corrected chi connectivity index (χ3v) is 3.47. The van der Waals surface area contributed by atoms with Crippen molar-refractivity contribution in [1.29, 1.82) is 0 Å². The van der Waals surface area contributed by atoms with Gasteiger partial charge in [0, 0.05) is 11.7 Å². The van der Waals surface area contributed by atoms with Crippen LogP contribution >= 0.6 is 0 Å². The molecule has 7 nitrogen and oxygen atoms in total. The predicted octanol–water partition coefficient (Wildman–Crippen LogP) is 2.55. The van der Waals surface area contributed by atoms with E-state index < -0.39 is 0 Å². The second kappa shape index (κ2) is 5.68. The van der Waals surface area contributed by atoms with Gasteiger partial charge in [-0.25, -0.2) is 14.6 Å². The molecule has 3 rings (SSSR count). The van der Waals surface area contributed by atoms with E-state index in [0.29, 0.717) is 22.7 Å². The van der Waals surface area contributed by atoms with E-state index in [4.69, 9.17) is 5.73 Å². The number of nitrogens with one attached hydrogen (secondary N) is 1. The van der Waals surface area contributed by atoms with Gasteiger partial charge < -0.3 is 11.1 Å². The molecule has 0 radical (unpaired) electrons. The Morgan fingerprint density at radius 1 is 1.30 bits per heavy atom. The quantitative estimate of drug-likeness (QED) is 0.774. The van der Waals surface area contributed by atoms with E-state index in [-0.39, 0.29) is 11.9 Å². The van der Waals surface area contributed by atoms with Crippen LogP contribution in [-0.4, -0.2) is 25.7 Å². The van der Waals surface area contributed by atoms with Crippen molar-refractivity contribution in [3.8, 4) is 0 Å². The van der Waals surface area contributed by atoms with E-state index in [1.165, 1.54) is 6.20 Å². The van der Waals surface area contributed by atoms with Gasteiger partial charge in [0.15, 0.2) is 5.65 Å². The average molecular weight is 310 g/mol. The standard InChI is InChI=1S/C16H18N6O/c1-9(2)22-15-13(8-19-22)12(6-10(3)20-15)16(23)21-11-4-5-14(17)18-7-11/h4-9H,1-3H3,(H2,17,18)(H,21,23). The van der Waals surface area contributed by atoms with Gasteiger partial charge in [-0.05, 0) is 39.0 Å². The van der Waals surface area contributed by atoms with Crippen LogP contribution in [0.3, 0.4) is 0 Å². The van der Waals surface area contributed by atoms with Crippen molar-refractivity contribution < 1.29 is 4.79 Å². The van der Waals surface area contributed by atoms with Crippen LogP contribution in [0.2, 0.25) is 0 Å². The Morgan fingerprint density at radius 2 is 2.09 bits per heavy atom. The summed E-state index contributed by atoms with van der Waals surface area (Å²) in [6, 6.07) is 5.27. The number of rotatable bonds is 3. The van der Waals surface area contributed by atoms with Crippen molar-refractivity contribution in [1.82, 2.24) is 19.7 Å².